The largest absolute Gasteiger partial charge is 0.480 e. The number of nitrogens with one attached hydrogen (secondary N) is 1. The van der Waals surface area contributed by atoms with Gasteiger partial charge in [-0.1, -0.05) is 18.2 Å². The number of hydrogen-bond donors (Lipinski definition) is 2. The van der Waals surface area contributed by atoms with Crippen molar-refractivity contribution in [2.75, 3.05) is 7.05 Å². The van der Waals surface area contributed by atoms with Gasteiger partial charge in [0.2, 0.25) is 5.78 Å². The molecule has 23 heavy (non-hydrogen) atoms. The Balaban J connectivity index is 2.37. The van der Waals surface area contributed by atoms with Crippen LogP contribution in [0.3, 0.4) is 0 Å². The number of carbonyl (C=O) groups excluding carboxylic acids is 1. The summed E-state index contributed by atoms with van der Waals surface area (Å²) in [6.07, 6.45) is -0.117. The molecule has 0 radical (unpaired) electrons. The van der Waals surface area contributed by atoms with E-state index >= 15 is 0 Å². The van der Waals surface area contributed by atoms with Gasteiger partial charge in [0.05, 0.1) is 9.80 Å². The van der Waals surface area contributed by atoms with E-state index in [1.165, 1.54) is 42.6 Å². The van der Waals surface area contributed by atoms with Gasteiger partial charge in [0.25, 0.3) is 5.69 Å². The molecular formula is C15H14N2O5S. The standard InChI is InChI=1S/C15H14N2O5S/c1-16-15(14(19)20,13(18)12-3-2-8-23-12)9-10-4-6-11(7-5-10)17(21)22/h2-8,16H,9H2,1H3,(H,19,20). The van der Waals surface area contributed by atoms with Crippen molar-refractivity contribution in [2.45, 2.75) is 12.0 Å². The van der Waals surface area contributed by atoms with Gasteiger partial charge >= 0.3 is 5.97 Å². The molecule has 7 nitrogen and oxygen atoms in total. The van der Waals surface area contributed by atoms with E-state index in [0.717, 1.165) is 0 Å². The average Bonchev–Trinajstić information content (AvgIpc) is 3.06. The van der Waals surface area contributed by atoms with Crippen molar-refractivity contribution < 1.29 is 19.6 Å². The third-order valence-electron chi connectivity index (χ3n) is 3.54. The highest BCUT2D eigenvalue weighted by atomic mass is 32.1. The van der Waals surface area contributed by atoms with Crippen molar-refractivity contribution in [3.63, 3.8) is 0 Å². The minimum absolute atomic E-state index is 0.0938. The molecule has 0 bridgehead atoms. The molecule has 1 aromatic heterocycles. The summed E-state index contributed by atoms with van der Waals surface area (Å²) in [5, 5.41) is 24.6. The number of nitro benzene ring substituents is 1. The second kappa shape index (κ2) is 6.67. The molecule has 0 amide bonds. The summed E-state index contributed by atoms with van der Waals surface area (Å²) < 4.78 is 0. The van der Waals surface area contributed by atoms with Crippen LogP contribution in [0.1, 0.15) is 15.2 Å². The smallest absolute Gasteiger partial charge is 0.332 e. The molecule has 8 heteroatoms. The molecule has 0 spiro atoms. The summed E-state index contributed by atoms with van der Waals surface area (Å²) in [5.41, 5.74) is -1.40. The molecule has 0 saturated carbocycles. The van der Waals surface area contributed by atoms with Crippen molar-refractivity contribution in [1.29, 1.82) is 0 Å². The number of aliphatic carboxylic acids is 1. The van der Waals surface area contributed by atoms with Crippen molar-refractivity contribution in [3.8, 4) is 0 Å². The molecule has 1 aromatic carbocycles. The fraction of sp³-hybridized carbons (Fsp3) is 0.200. The topological polar surface area (TPSA) is 110 Å². The van der Waals surface area contributed by atoms with Gasteiger partial charge in [0.1, 0.15) is 0 Å². The fourth-order valence-corrected chi connectivity index (χ4v) is 2.96. The van der Waals surface area contributed by atoms with Gasteiger partial charge < -0.3 is 5.11 Å². The minimum Gasteiger partial charge on any atom is -0.480 e. The van der Waals surface area contributed by atoms with Crippen molar-refractivity contribution in [3.05, 3.63) is 62.3 Å². The lowest BCUT2D eigenvalue weighted by Gasteiger charge is -2.27. The Labute approximate surface area is 135 Å². The maximum atomic E-state index is 12.6. The van der Waals surface area contributed by atoms with E-state index in [4.69, 9.17) is 0 Å². The molecule has 0 aliphatic carbocycles. The van der Waals surface area contributed by atoms with E-state index in [2.05, 4.69) is 5.32 Å². The number of carboxylic acid groups (broad SMARTS) is 1. The molecule has 2 N–H and O–H groups in total. The van der Waals surface area contributed by atoms with Crippen LogP contribution in [0.2, 0.25) is 0 Å². The second-order valence-corrected chi connectivity index (χ2v) is 5.81. The highest BCUT2D eigenvalue weighted by Crippen LogP contribution is 2.24. The Morgan fingerprint density at radius 3 is 2.39 bits per heavy atom. The normalized spacial score (nSPS) is 13.3. The van der Waals surface area contributed by atoms with Crippen molar-refractivity contribution in [2.24, 2.45) is 0 Å². The van der Waals surface area contributed by atoms with Gasteiger partial charge in [-0.25, -0.2) is 4.79 Å². The lowest BCUT2D eigenvalue weighted by atomic mass is 9.86. The molecule has 1 unspecified atom stereocenters. The van der Waals surface area contributed by atoms with Crippen molar-refractivity contribution in [1.82, 2.24) is 5.32 Å². The van der Waals surface area contributed by atoms with Gasteiger partial charge in [0.15, 0.2) is 5.54 Å². The number of non-ortho nitro benzene ring substituents is 1. The quantitative estimate of drug-likeness (QED) is 0.347. The second-order valence-electron chi connectivity index (χ2n) is 4.87. The van der Waals surface area contributed by atoms with Gasteiger partial charge in [-0.05, 0) is 24.1 Å². The third-order valence-corrected chi connectivity index (χ3v) is 4.41. The van der Waals surface area contributed by atoms with Crippen LogP contribution in [0.5, 0.6) is 0 Å². The van der Waals surface area contributed by atoms with Crippen LogP contribution in [-0.2, 0) is 11.2 Å². The number of nitrogens with zero attached hydrogens (tertiary/aromatic N) is 1. The van der Waals surface area contributed by atoms with Crippen molar-refractivity contribution >= 4 is 28.8 Å². The number of rotatable bonds is 7. The van der Waals surface area contributed by atoms with Crippen LogP contribution in [0.4, 0.5) is 5.69 Å². The number of hydrogen-bond acceptors (Lipinski definition) is 6. The summed E-state index contributed by atoms with van der Waals surface area (Å²) in [4.78, 5) is 34.9. The summed E-state index contributed by atoms with van der Waals surface area (Å²) in [7, 11) is 1.41. The van der Waals surface area contributed by atoms with E-state index in [0.29, 0.717) is 10.4 Å². The molecule has 2 aromatic rings. The SMILES string of the molecule is CNC(Cc1ccc([N+](=O)[O-])cc1)(C(=O)O)C(=O)c1cccs1. The number of likely N-dealkylation sites (N-methyl/N-ethyl adjacent to an activating group) is 1. The number of Topliss-reactive ketones (excluding diaryl/α,β-unsaturated/α-hetero) is 1. The fourth-order valence-electron chi connectivity index (χ4n) is 2.22. The van der Waals surface area contributed by atoms with E-state index in [1.54, 1.807) is 17.5 Å². The molecule has 2 rings (SSSR count). The van der Waals surface area contributed by atoms with E-state index < -0.39 is 22.2 Å². The average molecular weight is 334 g/mol. The molecule has 0 aliphatic heterocycles. The first-order chi connectivity index (χ1) is 10.9. The van der Waals surface area contributed by atoms with Crippen LogP contribution in [-0.4, -0.2) is 34.4 Å². The van der Waals surface area contributed by atoms with Crippen LogP contribution in [0.15, 0.2) is 41.8 Å². The summed E-state index contributed by atoms with van der Waals surface area (Å²) in [6, 6.07) is 8.72. The van der Waals surface area contributed by atoms with Crippen LogP contribution in [0.25, 0.3) is 0 Å². The van der Waals surface area contributed by atoms with Crippen LogP contribution in [0, 0.1) is 10.1 Å². The van der Waals surface area contributed by atoms with E-state index in [-0.39, 0.29) is 12.1 Å². The lowest BCUT2D eigenvalue weighted by molar-refractivity contribution is -0.384. The molecule has 0 saturated heterocycles. The van der Waals surface area contributed by atoms with Gasteiger partial charge in [0, 0.05) is 18.6 Å². The number of thiophene rings is 1. The predicted octanol–water partition coefficient (Wildman–Crippen LogP) is 2.12. The molecule has 1 heterocycles. The third kappa shape index (κ3) is 3.27. The molecular weight excluding hydrogens is 320 g/mol. The molecule has 1 atom stereocenters. The first kappa shape index (κ1) is 16.8. The van der Waals surface area contributed by atoms with E-state index in [1.807, 2.05) is 0 Å². The summed E-state index contributed by atoms with van der Waals surface area (Å²) in [6.45, 7) is 0. The van der Waals surface area contributed by atoms with Gasteiger partial charge in [-0.2, -0.15) is 0 Å². The van der Waals surface area contributed by atoms with E-state index in [9.17, 15) is 24.8 Å². The zero-order valence-corrected chi connectivity index (χ0v) is 13.0. The Morgan fingerprint density at radius 1 is 1.30 bits per heavy atom. The maximum Gasteiger partial charge on any atom is 0.332 e. The highest BCUT2D eigenvalue weighted by Gasteiger charge is 2.45. The molecule has 120 valence electrons. The molecule has 0 aliphatic rings. The zero-order valence-electron chi connectivity index (χ0n) is 12.2. The first-order valence-corrected chi connectivity index (χ1v) is 7.52. The first-order valence-electron chi connectivity index (χ1n) is 6.64. The van der Waals surface area contributed by atoms with Crippen LogP contribution < -0.4 is 5.32 Å². The number of carbonyl (C=O) groups is 2. The summed E-state index contributed by atoms with van der Waals surface area (Å²) >= 11 is 1.17. The lowest BCUT2D eigenvalue weighted by Crippen LogP contribution is -2.58. The Morgan fingerprint density at radius 2 is 1.96 bits per heavy atom. The monoisotopic (exact) mass is 334 g/mol. The minimum atomic E-state index is -1.82. The highest BCUT2D eigenvalue weighted by molar-refractivity contribution is 7.12. The number of nitro groups is 1. The van der Waals surface area contributed by atoms with Crippen LogP contribution >= 0.6 is 11.3 Å². The van der Waals surface area contributed by atoms with Gasteiger partial charge in [-0.15, -0.1) is 11.3 Å². The maximum absolute atomic E-state index is 12.6. The van der Waals surface area contributed by atoms with Gasteiger partial charge in [-0.3, -0.25) is 20.2 Å². The Bertz CT molecular complexity index is 727. The number of benzene rings is 1. The predicted molar refractivity (Wildman–Crippen MR) is 84.9 cm³/mol. The molecule has 0 fully saturated rings. The Kier molecular flexibility index (Phi) is 4.87. The summed E-state index contributed by atoms with van der Waals surface area (Å²) in [5.74, 6) is -1.84. The number of carboxylic acids is 1. The number of ketones is 1. The zero-order chi connectivity index (χ0) is 17.0. The Hall–Kier alpha value is -2.58.